The highest BCUT2D eigenvalue weighted by molar-refractivity contribution is 7.13. The molecule has 2 nitrogen and oxygen atoms in total. The lowest BCUT2D eigenvalue weighted by Crippen LogP contribution is -1.80. The lowest BCUT2D eigenvalue weighted by atomic mass is 10.2. The third-order valence-corrected chi connectivity index (χ3v) is 3.01. The van der Waals surface area contributed by atoms with E-state index in [0.29, 0.717) is 5.88 Å². The fourth-order valence-corrected chi connectivity index (χ4v) is 2.14. The van der Waals surface area contributed by atoms with E-state index in [2.05, 4.69) is 5.16 Å². The minimum absolute atomic E-state index is 0.403. The van der Waals surface area contributed by atoms with Gasteiger partial charge in [0.25, 0.3) is 0 Å². The number of halogens is 1. The van der Waals surface area contributed by atoms with E-state index in [-0.39, 0.29) is 0 Å². The zero-order valence-electron chi connectivity index (χ0n) is 7.08. The molecule has 4 heteroatoms. The SMILES string of the molecule is Cc1c(CCl)noc1-c1cccs1. The van der Waals surface area contributed by atoms with Crippen molar-refractivity contribution < 1.29 is 4.52 Å². The first-order chi connectivity index (χ1) is 6.33. The van der Waals surface area contributed by atoms with Crippen molar-refractivity contribution in [3.05, 3.63) is 28.8 Å². The maximum absolute atomic E-state index is 5.69. The molecule has 0 saturated carbocycles. The minimum atomic E-state index is 0.403. The van der Waals surface area contributed by atoms with Crippen molar-refractivity contribution in [2.24, 2.45) is 0 Å². The van der Waals surface area contributed by atoms with Gasteiger partial charge in [-0.3, -0.25) is 0 Å². The van der Waals surface area contributed by atoms with Crippen molar-refractivity contribution in [3.8, 4) is 10.6 Å². The van der Waals surface area contributed by atoms with Crippen molar-refractivity contribution in [2.75, 3.05) is 0 Å². The third kappa shape index (κ3) is 1.49. The Morgan fingerprint density at radius 2 is 2.46 bits per heavy atom. The van der Waals surface area contributed by atoms with Gasteiger partial charge in [-0.25, -0.2) is 0 Å². The first-order valence-corrected chi connectivity index (χ1v) is 5.29. The van der Waals surface area contributed by atoms with Crippen molar-refractivity contribution in [3.63, 3.8) is 0 Å². The fourth-order valence-electron chi connectivity index (χ4n) is 1.13. The van der Waals surface area contributed by atoms with Gasteiger partial charge in [-0.1, -0.05) is 11.2 Å². The van der Waals surface area contributed by atoms with Crippen LogP contribution in [0.25, 0.3) is 10.6 Å². The molecule has 0 radical (unpaired) electrons. The van der Waals surface area contributed by atoms with Crippen LogP contribution in [0.5, 0.6) is 0 Å². The molecule has 68 valence electrons. The highest BCUT2D eigenvalue weighted by Crippen LogP contribution is 2.29. The number of thiophene rings is 1. The molecule has 2 heterocycles. The molecular weight excluding hydrogens is 206 g/mol. The van der Waals surface area contributed by atoms with Gasteiger partial charge < -0.3 is 4.52 Å². The predicted molar refractivity (Wildman–Crippen MR) is 54.1 cm³/mol. The molecule has 0 spiro atoms. The number of hydrogen-bond donors (Lipinski definition) is 0. The second-order valence-corrected chi connectivity index (χ2v) is 3.91. The van der Waals surface area contributed by atoms with E-state index < -0.39 is 0 Å². The van der Waals surface area contributed by atoms with E-state index in [4.69, 9.17) is 16.1 Å². The first kappa shape index (κ1) is 8.78. The molecule has 0 atom stereocenters. The Bertz CT molecular complexity index is 394. The normalized spacial score (nSPS) is 10.6. The van der Waals surface area contributed by atoms with Gasteiger partial charge in [0.15, 0.2) is 5.76 Å². The topological polar surface area (TPSA) is 26.0 Å². The molecule has 0 aliphatic carbocycles. The number of rotatable bonds is 2. The average molecular weight is 214 g/mol. The minimum Gasteiger partial charge on any atom is -0.355 e. The van der Waals surface area contributed by atoms with E-state index in [0.717, 1.165) is 21.9 Å². The molecule has 0 N–H and O–H groups in total. The van der Waals surface area contributed by atoms with Crippen LogP contribution >= 0.6 is 22.9 Å². The summed E-state index contributed by atoms with van der Waals surface area (Å²) in [6, 6.07) is 4.00. The maximum atomic E-state index is 5.69. The van der Waals surface area contributed by atoms with Crippen LogP contribution in [0.15, 0.2) is 22.0 Å². The standard InChI is InChI=1S/C9H8ClNOS/c1-6-7(5-10)11-12-9(6)8-3-2-4-13-8/h2-4H,5H2,1H3. The van der Waals surface area contributed by atoms with Crippen LogP contribution in [0.4, 0.5) is 0 Å². The number of hydrogen-bond acceptors (Lipinski definition) is 3. The first-order valence-electron chi connectivity index (χ1n) is 3.88. The molecule has 0 amide bonds. The maximum Gasteiger partial charge on any atom is 0.179 e. The largest absolute Gasteiger partial charge is 0.355 e. The fraction of sp³-hybridized carbons (Fsp3) is 0.222. The molecule has 0 saturated heterocycles. The zero-order chi connectivity index (χ0) is 9.26. The predicted octanol–water partition coefficient (Wildman–Crippen LogP) is 3.45. The second-order valence-electron chi connectivity index (χ2n) is 2.69. The molecule has 2 aromatic rings. The summed E-state index contributed by atoms with van der Waals surface area (Å²) in [5.41, 5.74) is 1.86. The Kier molecular flexibility index (Phi) is 2.38. The molecule has 0 bridgehead atoms. The summed E-state index contributed by atoms with van der Waals surface area (Å²) in [6.45, 7) is 1.98. The summed E-state index contributed by atoms with van der Waals surface area (Å²) in [7, 11) is 0. The highest BCUT2D eigenvalue weighted by atomic mass is 35.5. The van der Waals surface area contributed by atoms with Gasteiger partial charge in [0, 0.05) is 5.56 Å². The Morgan fingerprint density at radius 1 is 1.62 bits per heavy atom. The van der Waals surface area contributed by atoms with Crippen molar-refractivity contribution in [1.82, 2.24) is 5.16 Å². The van der Waals surface area contributed by atoms with Crippen molar-refractivity contribution in [1.29, 1.82) is 0 Å². The summed E-state index contributed by atoms with van der Waals surface area (Å²) in [4.78, 5) is 1.10. The monoisotopic (exact) mass is 213 g/mol. The molecule has 0 aromatic carbocycles. The number of nitrogens with zero attached hydrogens (tertiary/aromatic N) is 1. The van der Waals surface area contributed by atoms with Crippen LogP contribution in [0.2, 0.25) is 0 Å². The van der Waals surface area contributed by atoms with Crippen LogP contribution in [-0.2, 0) is 5.88 Å². The Balaban J connectivity index is 2.48. The van der Waals surface area contributed by atoms with Crippen LogP contribution < -0.4 is 0 Å². The quantitative estimate of drug-likeness (QED) is 0.715. The van der Waals surface area contributed by atoms with E-state index >= 15 is 0 Å². The van der Waals surface area contributed by atoms with Gasteiger partial charge in [-0.05, 0) is 18.4 Å². The van der Waals surface area contributed by atoms with Gasteiger partial charge in [0.1, 0.15) is 5.69 Å². The summed E-state index contributed by atoms with van der Waals surface area (Å²) < 4.78 is 5.21. The van der Waals surface area contributed by atoms with Gasteiger partial charge in [-0.15, -0.1) is 22.9 Å². The third-order valence-electron chi connectivity index (χ3n) is 1.89. The lowest BCUT2D eigenvalue weighted by molar-refractivity contribution is 0.427. The van der Waals surface area contributed by atoms with Gasteiger partial charge in [0.2, 0.25) is 0 Å². The van der Waals surface area contributed by atoms with Gasteiger partial charge in [0.05, 0.1) is 10.8 Å². The van der Waals surface area contributed by atoms with Gasteiger partial charge in [-0.2, -0.15) is 0 Å². The second kappa shape index (κ2) is 3.52. The van der Waals surface area contributed by atoms with E-state index in [1.807, 2.05) is 24.4 Å². The molecule has 2 aromatic heterocycles. The summed E-state index contributed by atoms with van der Waals surface area (Å²) in [5, 5.41) is 5.90. The molecule has 2 rings (SSSR count). The van der Waals surface area contributed by atoms with E-state index in [1.54, 1.807) is 11.3 Å². The molecule has 0 aliphatic rings. The van der Waals surface area contributed by atoms with Crippen LogP contribution in [-0.4, -0.2) is 5.16 Å². The Hall–Kier alpha value is -0.800. The smallest absolute Gasteiger partial charge is 0.179 e. The average Bonchev–Trinajstić information content (AvgIpc) is 2.72. The molecular formula is C9H8ClNOS. The van der Waals surface area contributed by atoms with Crippen molar-refractivity contribution in [2.45, 2.75) is 12.8 Å². The van der Waals surface area contributed by atoms with E-state index in [9.17, 15) is 0 Å². The molecule has 0 unspecified atom stereocenters. The Morgan fingerprint density at radius 3 is 3.00 bits per heavy atom. The Labute approximate surface area is 85.1 Å². The van der Waals surface area contributed by atoms with Crippen molar-refractivity contribution >= 4 is 22.9 Å². The molecule has 13 heavy (non-hydrogen) atoms. The van der Waals surface area contributed by atoms with E-state index in [1.165, 1.54) is 0 Å². The summed E-state index contributed by atoms with van der Waals surface area (Å²) in [5.74, 6) is 1.24. The summed E-state index contributed by atoms with van der Waals surface area (Å²) in [6.07, 6.45) is 0. The summed E-state index contributed by atoms with van der Waals surface area (Å²) >= 11 is 7.32. The molecule has 0 fully saturated rings. The van der Waals surface area contributed by atoms with Crippen LogP contribution in [0.1, 0.15) is 11.3 Å². The zero-order valence-corrected chi connectivity index (χ0v) is 8.65. The number of aromatic nitrogens is 1. The van der Waals surface area contributed by atoms with Gasteiger partial charge >= 0.3 is 0 Å². The highest BCUT2D eigenvalue weighted by Gasteiger charge is 2.12. The van der Waals surface area contributed by atoms with Crippen LogP contribution in [0.3, 0.4) is 0 Å². The lowest BCUT2D eigenvalue weighted by Gasteiger charge is -1.90. The number of alkyl halides is 1. The van der Waals surface area contributed by atoms with Crippen LogP contribution in [0, 0.1) is 6.92 Å². The molecule has 0 aliphatic heterocycles.